The van der Waals surface area contributed by atoms with E-state index < -0.39 is 49.7 Å². The van der Waals surface area contributed by atoms with Crippen LogP contribution in [0.5, 0.6) is 0 Å². The summed E-state index contributed by atoms with van der Waals surface area (Å²) in [7, 11) is 2.51. The maximum atomic E-state index is 13.6. The first kappa shape index (κ1) is 34.3. The molecule has 4 aromatic rings. The van der Waals surface area contributed by atoms with Gasteiger partial charge in [0.2, 0.25) is 0 Å². The molecule has 5 rings (SSSR count). The highest BCUT2D eigenvalue weighted by Crippen LogP contribution is 2.56. The van der Waals surface area contributed by atoms with E-state index in [0.717, 1.165) is 0 Å². The van der Waals surface area contributed by atoms with Gasteiger partial charge in [0.05, 0.1) is 31.0 Å². The highest BCUT2D eigenvalue weighted by molar-refractivity contribution is 8.44. The van der Waals surface area contributed by atoms with Crippen LogP contribution in [0.2, 0.25) is 0 Å². The highest BCUT2D eigenvalue weighted by Gasteiger charge is 2.41. The SMILES string of the molecule is CO[C@H](COP(O)(=S)OC)[C@@H](OP(=O)(S)OC[C@H]1O[C@@H](n2cnc3c(N)ncnc32)C[C@@H]1O)[C@@H](Cl)n1ccc2c(N)ncnc21. The van der Waals surface area contributed by atoms with Crippen LogP contribution in [-0.4, -0.2) is 95.9 Å². The number of nitrogens with zero attached hydrogens (tertiary/aromatic N) is 7. The number of rotatable bonds is 14. The molecule has 0 aromatic carbocycles. The molecular weight excluding hydrogens is 696 g/mol. The number of fused-ring (bicyclic) bond motifs is 2. The molecule has 246 valence electrons. The van der Waals surface area contributed by atoms with Crippen LogP contribution in [0.15, 0.2) is 31.2 Å². The van der Waals surface area contributed by atoms with Gasteiger partial charge in [0.25, 0.3) is 0 Å². The minimum Gasteiger partial charge on any atom is -0.390 e. The van der Waals surface area contributed by atoms with Crippen molar-refractivity contribution in [1.29, 1.82) is 0 Å². The number of thiol groups is 1. The number of nitrogens with two attached hydrogens (primary N) is 2. The molecule has 5 heterocycles. The van der Waals surface area contributed by atoms with E-state index in [-0.39, 0.29) is 31.3 Å². The number of halogens is 1. The second-order valence-electron chi connectivity index (χ2n) is 9.66. The van der Waals surface area contributed by atoms with Crippen LogP contribution in [0.1, 0.15) is 18.1 Å². The number of imidazole rings is 1. The summed E-state index contributed by atoms with van der Waals surface area (Å²) in [6.07, 6.45) is 0.701. The summed E-state index contributed by atoms with van der Waals surface area (Å²) in [6.45, 7) is -8.65. The topological polar surface area (TPSA) is 239 Å². The second-order valence-corrected chi connectivity index (χ2v) is 15.9. The van der Waals surface area contributed by atoms with Crippen molar-refractivity contribution in [1.82, 2.24) is 34.1 Å². The van der Waals surface area contributed by atoms with Gasteiger partial charge in [-0.25, -0.2) is 29.5 Å². The Morgan fingerprint density at radius 2 is 1.89 bits per heavy atom. The van der Waals surface area contributed by atoms with Crippen LogP contribution in [-0.2, 0) is 43.9 Å². The monoisotopic (exact) mass is 725 g/mol. The lowest BCUT2D eigenvalue weighted by Crippen LogP contribution is -2.39. The zero-order chi connectivity index (χ0) is 32.5. The summed E-state index contributed by atoms with van der Waals surface area (Å²) >= 11 is 16.0. The van der Waals surface area contributed by atoms with Crippen LogP contribution in [0, 0.1) is 0 Å². The first-order valence-electron chi connectivity index (χ1n) is 13.0. The van der Waals surface area contributed by atoms with Gasteiger partial charge in [-0.1, -0.05) is 23.8 Å². The summed E-state index contributed by atoms with van der Waals surface area (Å²) in [5.41, 5.74) is 11.8. The fourth-order valence-corrected chi connectivity index (χ4v) is 7.18. The molecule has 0 saturated carbocycles. The standard InChI is InChI=1S/C22H30ClN9O9P2S2/c1-36-14(7-38-42(34,44)37-2)17(18(23)31-4-3-11-19(24)26-8-28-21(11)31)41-43(35,45)39-6-13-12(33)5-15(40-13)32-10-30-16-20(25)27-9-29-22(16)32/h3-4,8-10,12-15,17-18,33H,5-7H2,1-2H3,(H,34,44)(H,35,45)(H2,24,26,28)(H2,25,27,29)/t12-,13+,14+,15+,17+,18-,42?,43?/m0/s1. The molecule has 2 unspecified atom stereocenters. The van der Waals surface area contributed by atoms with E-state index in [9.17, 15) is 14.6 Å². The number of hydrogen-bond donors (Lipinski definition) is 5. The van der Waals surface area contributed by atoms with E-state index in [1.807, 2.05) is 0 Å². The van der Waals surface area contributed by atoms with E-state index in [0.29, 0.717) is 22.2 Å². The predicted octanol–water partition coefficient (Wildman–Crippen LogP) is 2.16. The van der Waals surface area contributed by atoms with E-state index in [4.69, 9.17) is 62.4 Å². The van der Waals surface area contributed by atoms with Crippen LogP contribution < -0.4 is 11.5 Å². The number of aliphatic hydroxyl groups excluding tert-OH is 1. The molecule has 45 heavy (non-hydrogen) atoms. The third kappa shape index (κ3) is 7.59. The number of nitrogen functional groups attached to an aromatic ring is 2. The van der Waals surface area contributed by atoms with Crippen LogP contribution in [0.3, 0.4) is 0 Å². The summed E-state index contributed by atoms with van der Waals surface area (Å²) in [6, 6.07) is 1.64. The lowest BCUT2D eigenvalue weighted by molar-refractivity contribution is -0.0527. The van der Waals surface area contributed by atoms with Crippen molar-refractivity contribution in [2.45, 2.75) is 42.6 Å². The van der Waals surface area contributed by atoms with Crippen molar-refractivity contribution < 1.29 is 42.1 Å². The molecular formula is C22H30ClN9O9P2S2. The maximum Gasteiger partial charge on any atom is 0.386 e. The highest BCUT2D eigenvalue weighted by atomic mass is 35.5. The van der Waals surface area contributed by atoms with E-state index in [1.54, 1.807) is 16.8 Å². The molecule has 1 fully saturated rings. The average molecular weight is 726 g/mol. The number of aromatic nitrogens is 7. The van der Waals surface area contributed by atoms with E-state index >= 15 is 0 Å². The number of ether oxygens (including phenoxy) is 2. The zero-order valence-corrected chi connectivity index (χ0v) is 27.9. The second kappa shape index (κ2) is 14.0. The molecule has 1 aliphatic heterocycles. The van der Waals surface area contributed by atoms with Crippen molar-refractivity contribution in [2.24, 2.45) is 0 Å². The van der Waals surface area contributed by atoms with Gasteiger partial charge in [-0.05, 0) is 17.9 Å². The Bertz CT molecular complexity index is 1750. The van der Waals surface area contributed by atoms with Gasteiger partial charge in [-0.2, -0.15) is 0 Å². The molecule has 18 nitrogen and oxygen atoms in total. The van der Waals surface area contributed by atoms with Crippen molar-refractivity contribution >= 4 is 83.0 Å². The summed E-state index contributed by atoms with van der Waals surface area (Å²) < 4.78 is 49.8. The molecule has 1 saturated heterocycles. The van der Waals surface area contributed by atoms with Gasteiger partial charge in [0.1, 0.15) is 59.7 Å². The zero-order valence-electron chi connectivity index (χ0n) is 23.6. The largest absolute Gasteiger partial charge is 0.390 e. The molecule has 0 spiro atoms. The molecule has 0 aliphatic carbocycles. The fraction of sp³-hybridized carbons (Fsp3) is 0.500. The minimum atomic E-state index is -4.27. The van der Waals surface area contributed by atoms with Gasteiger partial charge in [0.15, 0.2) is 11.5 Å². The summed E-state index contributed by atoms with van der Waals surface area (Å²) in [5.74, 6) is 0.409. The van der Waals surface area contributed by atoms with E-state index in [2.05, 4.69) is 37.2 Å². The molecule has 6 N–H and O–H groups in total. The Kier molecular flexibility index (Phi) is 10.7. The van der Waals surface area contributed by atoms with Gasteiger partial charge in [-0.15, -0.1) is 0 Å². The molecule has 23 heteroatoms. The number of alkyl halides is 1. The van der Waals surface area contributed by atoms with Gasteiger partial charge in [-0.3, -0.25) is 13.6 Å². The van der Waals surface area contributed by atoms with Gasteiger partial charge in [0, 0.05) is 26.8 Å². The van der Waals surface area contributed by atoms with Crippen LogP contribution in [0.25, 0.3) is 22.2 Å². The Morgan fingerprint density at radius 1 is 1.18 bits per heavy atom. The summed E-state index contributed by atoms with van der Waals surface area (Å²) in [4.78, 5) is 30.7. The van der Waals surface area contributed by atoms with Crippen LogP contribution in [0.4, 0.5) is 11.6 Å². The Labute approximate surface area is 271 Å². The molecule has 4 aromatic heterocycles. The summed E-state index contributed by atoms with van der Waals surface area (Å²) in [5, 5.41) is 11.2. The fourth-order valence-electron chi connectivity index (χ4n) is 4.63. The van der Waals surface area contributed by atoms with Crippen molar-refractivity contribution in [2.75, 3.05) is 38.9 Å². The predicted molar refractivity (Wildman–Crippen MR) is 169 cm³/mol. The number of methoxy groups -OCH3 is 1. The first-order chi connectivity index (χ1) is 21.3. The molecule has 1 aliphatic rings. The van der Waals surface area contributed by atoms with Crippen LogP contribution >= 0.6 is 37.4 Å². The Hall–Kier alpha value is -2.03. The number of aliphatic hydroxyl groups is 1. The normalized spacial score (nSPS) is 23.6. The minimum absolute atomic E-state index is 0.148. The van der Waals surface area contributed by atoms with Crippen molar-refractivity contribution in [3.8, 4) is 0 Å². The average Bonchev–Trinajstić information content (AvgIpc) is 3.73. The Morgan fingerprint density at radius 3 is 2.60 bits per heavy atom. The third-order valence-corrected chi connectivity index (χ3v) is 10.7. The van der Waals surface area contributed by atoms with Crippen molar-refractivity contribution in [3.05, 3.63) is 31.2 Å². The smallest absolute Gasteiger partial charge is 0.386 e. The van der Waals surface area contributed by atoms with Gasteiger partial charge >= 0.3 is 13.5 Å². The molecule has 8 atom stereocenters. The van der Waals surface area contributed by atoms with Crippen molar-refractivity contribution in [3.63, 3.8) is 0 Å². The molecule has 0 amide bonds. The quantitative estimate of drug-likeness (QED) is 0.0711. The number of hydrogen-bond acceptors (Lipinski definition) is 16. The molecule has 0 bridgehead atoms. The maximum absolute atomic E-state index is 13.6. The van der Waals surface area contributed by atoms with E-state index in [1.165, 1.54) is 37.8 Å². The Balaban J connectivity index is 1.33. The lowest BCUT2D eigenvalue weighted by Gasteiger charge is -2.32. The molecule has 0 radical (unpaired) electrons. The first-order valence-corrected chi connectivity index (χ1v) is 18.8. The lowest BCUT2D eigenvalue weighted by atomic mass is 10.2. The number of anilines is 2. The third-order valence-electron chi connectivity index (χ3n) is 6.94. The van der Waals surface area contributed by atoms with Gasteiger partial charge < -0.3 is 44.6 Å².